The van der Waals surface area contributed by atoms with Crippen molar-refractivity contribution in [3.8, 4) is 0 Å². The highest BCUT2D eigenvalue weighted by Crippen LogP contribution is 2.52. The van der Waals surface area contributed by atoms with Crippen molar-refractivity contribution in [3.05, 3.63) is 21.7 Å². The molecule has 0 spiro atoms. The minimum absolute atomic E-state index is 0.0267. The third-order valence-corrected chi connectivity index (χ3v) is 6.06. The van der Waals surface area contributed by atoms with Gasteiger partial charge in [-0.15, -0.1) is 0 Å². The maximum atomic E-state index is 13.1. The van der Waals surface area contributed by atoms with Crippen LogP contribution < -0.4 is 4.90 Å². The van der Waals surface area contributed by atoms with E-state index in [1.165, 1.54) is 19.0 Å². The standard InChI is InChI=1S/C10H7F3N2O3S3/c1-14(2)6-5(15(16)17)3-4(10(11,12)13)8-7(6)20-9(19)21(8)18/h3H,1-2H3. The van der Waals surface area contributed by atoms with E-state index in [-0.39, 0.29) is 14.1 Å². The first kappa shape index (κ1) is 16.2. The molecule has 0 saturated heterocycles. The van der Waals surface area contributed by atoms with Gasteiger partial charge >= 0.3 is 6.18 Å². The SMILES string of the molecule is CN(C)c1c([N+](=O)[O-])cc(C(F)(F)F)c2c1SC(=S)S2=O. The molecule has 11 heteroatoms. The van der Waals surface area contributed by atoms with Crippen LogP contribution in [0.15, 0.2) is 15.9 Å². The van der Waals surface area contributed by atoms with Crippen LogP contribution >= 0.6 is 24.0 Å². The summed E-state index contributed by atoms with van der Waals surface area (Å²) in [7, 11) is 0.794. The molecule has 114 valence electrons. The van der Waals surface area contributed by atoms with E-state index in [4.69, 9.17) is 12.2 Å². The molecule has 1 aromatic rings. The van der Waals surface area contributed by atoms with Gasteiger partial charge in [0.25, 0.3) is 5.69 Å². The number of anilines is 1. The highest BCUT2D eigenvalue weighted by molar-refractivity contribution is 8.44. The van der Waals surface area contributed by atoms with Crippen molar-refractivity contribution in [2.75, 3.05) is 19.0 Å². The topological polar surface area (TPSA) is 63.4 Å². The van der Waals surface area contributed by atoms with E-state index in [1.54, 1.807) is 0 Å². The Hall–Kier alpha value is -1.20. The number of nitro benzene ring substituents is 1. The fraction of sp³-hybridized carbons (Fsp3) is 0.300. The second kappa shape index (κ2) is 5.21. The molecule has 1 unspecified atom stereocenters. The third-order valence-electron chi connectivity index (χ3n) is 2.66. The van der Waals surface area contributed by atoms with Crippen LogP contribution in [-0.2, 0) is 17.0 Å². The predicted molar refractivity (Wildman–Crippen MR) is 77.3 cm³/mol. The van der Waals surface area contributed by atoms with Crippen molar-refractivity contribution in [3.63, 3.8) is 0 Å². The number of thiocarbonyl (C=S) groups is 1. The summed E-state index contributed by atoms with van der Waals surface area (Å²) in [6.07, 6.45) is -4.85. The Balaban J connectivity index is 2.93. The average molecular weight is 356 g/mol. The number of fused-ring (bicyclic) bond motifs is 1. The number of nitro groups is 1. The Bertz CT molecular complexity index is 688. The van der Waals surface area contributed by atoms with Crippen LogP contribution in [0.5, 0.6) is 0 Å². The normalized spacial score (nSPS) is 17.8. The summed E-state index contributed by atoms with van der Waals surface area (Å²) in [4.78, 5) is 10.9. The van der Waals surface area contributed by atoms with E-state index in [2.05, 4.69) is 0 Å². The lowest BCUT2D eigenvalue weighted by Gasteiger charge is -2.18. The largest absolute Gasteiger partial charge is 0.417 e. The zero-order valence-electron chi connectivity index (χ0n) is 10.6. The monoisotopic (exact) mass is 356 g/mol. The molecule has 1 aliphatic rings. The quantitative estimate of drug-likeness (QED) is 0.461. The third kappa shape index (κ3) is 2.64. The molecule has 0 aliphatic carbocycles. The number of hydrogen-bond acceptors (Lipinski definition) is 6. The lowest BCUT2D eigenvalue weighted by Crippen LogP contribution is -2.16. The average Bonchev–Trinajstić information content (AvgIpc) is 2.62. The molecule has 5 nitrogen and oxygen atoms in total. The number of hydrogen-bond donors (Lipinski definition) is 0. The van der Waals surface area contributed by atoms with Gasteiger partial charge < -0.3 is 4.90 Å². The van der Waals surface area contributed by atoms with E-state index in [9.17, 15) is 27.5 Å². The summed E-state index contributed by atoms with van der Waals surface area (Å²) in [5, 5.41) is 11.1. The van der Waals surface area contributed by atoms with Crippen molar-refractivity contribution in [2.45, 2.75) is 16.0 Å². The number of nitrogens with zero attached hydrogens (tertiary/aromatic N) is 2. The molecule has 0 N–H and O–H groups in total. The van der Waals surface area contributed by atoms with Crippen LogP contribution in [0.2, 0.25) is 0 Å². The molecule has 0 amide bonds. The number of benzene rings is 1. The van der Waals surface area contributed by atoms with Crippen LogP contribution in [-0.4, -0.2) is 26.8 Å². The van der Waals surface area contributed by atoms with Crippen LogP contribution in [0.3, 0.4) is 0 Å². The highest BCUT2D eigenvalue weighted by Gasteiger charge is 2.44. The Morgan fingerprint density at radius 3 is 2.43 bits per heavy atom. The lowest BCUT2D eigenvalue weighted by atomic mass is 10.1. The zero-order chi connectivity index (χ0) is 16.1. The van der Waals surface area contributed by atoms with Gasteiger partial charge in [0.15, 0.2) is 0 Å². The van der Waals surface area contributed by atoms with Gasteiger partial charge in [-0.1, -0.05) is 24.0 Å². The van der Waals surface area contributed by atoms with Crippen molar-refractivity contribution in [2.24, 2.45) is 0 Å². The number of thioether (sulfide) groups is 1. The molecular weight excluding hydrogens is 349 g/mol. The number of alkyl halides is 3. The Labute approximate surface area is 129 Å². The molecule has 1 aromatic carbocycles. The van der Waals surface area contributed by atoms with Gasteiger partial charge in [-0.3, -0.25) is 10.1 Å². The molecule has 0 saturated carbocycles. The van der Waals surface area contributed by atoms with E-state index in [0.717, 1.165) is 0 Å². The van der Waals surface area contributed by atoms with Gasteiger partial charge in [0, 0.05) is 20.2 Å². The van der Waals surface area contributed by atoms with Crippen molar-refractivity contribution in [1.29, 1.82) is 0 Å². The first-order valence-corrected chi connectivity index (χ1v) is 7.66. The van der Waals surface area contributed by atoms with Crippen molar-refractivity contribution < 1.29 is 22.3 Å². The summed E-state index contributed by atoms with van der Waals surface area (Å²) >= 11 is 5.49. The highest BCUT2D eigenvalue weighted by atomic mass is 32.3. The Kier molecular flexibility index (Phi) is 4.02. The second-order valence-electron chi connectivity index (χ2n) is 4.22. The molecule has 1 aliphatic heterocycles. The minimum atomic E-state index is -4.85. The Morgan fingerprint density at radius 1 is 1.43 bits per heavy atom. The lowest BCUT2D eigenvalue weighted by molar-refractivity contribution is -0.384. The van der Waals surface area contributed by atoms with Gasteiger partial charge in [-0.2, -0.15) is 13.2 Å². The van der Waals surface area contributed by atoms with Gasteiger partial charge in [-0.25, -0.2) is 4.21 Å². The van der Waals surface area contributed by atoms with Gasteiger partial charge in [0.1, 0.15) is 20.0 Å². The molecule has 1 atom stereocenters. The van der Waals surface area contributed by atoms with Crippen molar-refractivity contribution in [1.82, 2.24) is 0 Å². The number of rotatable bonds is 2. The summed E-state index contributed by atoms with van der Waals surface area (Å²) in [5.41, 5.74) is -2.00. The predicted octanol–water partition coefficient (Wildman–Crippen LogP) is 3.18. The van der Waals surface area contributed by atoms with Gasteiger partial charge in [-0.05, 0) is 0 Å². The molecule has 0 bridgehead atoms. The zero-order valence-corrected chi connectivity index (χ0v) is 13.0. The second-order valence-corrected chi connectivity index (χ2v) is 7.78. The molecule has 1 heterocycles. The Morgan fingerprint density at radius 2 is 2.00 bits per heavy atom. The molecular formula is C10H7F3N2O3S3. The fourth-order valence-corrected chi connectivity index (χ4v) is 5.10. The van der Waals surface area contributed by atoms with Gasteiger partial charge in [0.2, 0.25) is 0 Å². The maximum absolute atomic E-state index is 13.1. The van der Waals surface area contributed by atoms with Crippen LogP contribution in [0.1, 0.15) is 5.56 Å². The summed E-state index contributed by atoms with van der Waals surface area (Å²) in [5.74, 6) is 0. The van der Waals surface area contributed by atoms with Crippen molar-refractivity contribution >= 4 is 49.7 Å². The van der Waals surface area contributed by atoms with E-state index in [0.29, 0.717) is 17.8 Å². The van der Waals surface area contributed by atoms with E-state index < -0.39 is 38.0 Å². The number of halogens is 3. The molecule has 0 radical (unpaired) electrons. The summed E-state index contributed by atoms with van der Waals surface area (Å²) in [6, 6.07) is 0.417. The van der Waals surface area contributed by atoms with Crippen LogP contribution in [0.25, 0.3) is 0 Å². The van der Waals surface area contributed by atoms with Gasteiger partial charge in [0.05, 0.1) is 20.3 Å². The van der Waals surface area contributed by atoms with Crippen LogP contribution in [0, 0.1) is 10.1 Å². The first-order valence-electron chi connectivity index (χ1n) is 5.29. The smallest absolute Gasteiger partial charge is 0.371 e. The molecule has 2 rings (SSSR count). The van der Waals surface area contributed by atoms with E-state index >= 15 is 0 Å². The molecule has 21 heavy (non-hydrogen) atoms. The minimum Gasteiger partial charge on any atom is -0.371 e. The summed E-state index contributed by atoms with van der Waals surface area (Å²) in [6.45, 7) is 0. The summed E-state index contributed by atoms with van der Waals surface area (Å²) < 4.78 is 51.1. The van der Waals surface area contributed by atoms with E-state index in [1.807, 2.05) is 0 Å². The van der Waals surface area contributed by atoms with Crippen LogP contribution in [0.4, 0.5) is 24.5 Å². The molecule has 0 aromatic heterocycles. The fourth-order valence-electron chi connectivity index (χ4n) is 1.88. The maximum Gasteiger partial charge on any atom is 0.417 e. The first-order chi connectivity index (χ1) is 9.55. The molecule has 0 fully saturated rings.